The zero-order chi connectivity index (χ0) is 12.4. The summed E-state index contributed by atoms with van der Waals surface area (Å²) in [5, 5.41) is 0.561. The van der Waals surface area contributed by atoms with E-state index in [1.165, 1.54) is 36.8 Å². The van der Waals surface area contributed by atoms with Crippen molar-refractivity contribution in [2.45, 2.75) is 70.8 Å². The van der Waals surface area contributed by atoms with Crippen LogP contribution >= 0.6 is 8.15 Å². The van der Waals surface area contributed by atoms with Crippen molar-refractivity contribution in [1.29, 1.82) is 0 Å². The smallest absolute Gasteiger partial charge is 0.117 e. The van der Waals surface area contributed by atoms with Gasteiger partial charge in [0.05, 0.1) is 13.3 Å². The van der Waals surface area contributed by atoms with E-state index >= 15 is 0 Å². The summed E-state index contributed by atoms with van der Waals surface area (Å²) in [6, 6.07) is 0. The first-order valence-electron chi connectivity index (χ1n) is 6.79. The van der Waals surface area contributed by atoms with Crippen LogP contribution in [0.25, 0.3) is 0 Å². The molecular formula is C15H23OP. The molecule has 3 aliphatic rings. The van der Waals surface area contributed by atoms with Gasteiger partial charge in [-0.1, -0.05) is 11.1 Å². The summed E-state index contributed by atoms with van der Waals surface area (Å²) in [5.41, 5.74) is 6.16. The average Bonchev–Trinajstić information content (AvgIpc) is 2.78. The molecule has 1 atom stereocenters. The summed E-state index contributed by atoms with van der Waals surface area (Å²) >= 11 is 0. The molecule has 1 saturated heterocycles. The fraction of sp³-hybridized carbons (Fsp3) is 0.733. The maximum Gasteiger partial charge on any atom is 0.117 e. The normalized spacial score (nSPS) is 34.1. The molecule has 0 aromatic heterocycles. The lowest BCUT2D eigenvalue weighted by atomic mass is 9.98. The first-order chi connectivity index (χ1) is 7.93. The van der Waals surface area contributed by atoms with Crippen molar-refractivity contribution in [2.75, 3.05) is 0 Å². The van der Waals surface area contributed by atoms with Crippen molar-refractivity contribution in [3.05, 3.63) is 22.3 Å². The van der Waals surface area contributed by atoms with E-state index in [-0.39, 0.29) is 13.3 Å². The predicted molar refractivity (Wildman–Crippen MR) is 74.4 cm³/mol. The molecule has 17 heavy (non-hydrogen) atoms. The summed E-state index contributed by atoms with van der Waals surface area (Å²) < 4.78 is 6.29. The maximum atomic E-state index is 6.29. The number of allylic oxidation sites excluding steroid dienone is 4. The molecule has 1 unspecified atom stereocenters. The highest BCUT2D eigenvalue weighted by Crippen LogP contribution is 2.85. The minimum Gasteiger partial charge on any atom is -0.342 e. The lowest BCUT2D eigenvalue weighted by Gasteiger charge is -2.28. The Morgan fingerprint density at radius 1 is 0.941 bits per heavy atom. The molecular weight excluding hydrogens is 227 g/mol. The van der Waals surface area contributed by atoms with E-state index in [9.17, 15) is 0 Å². The van der Waals surface area contributed by atoms with Gasteiger partial charge < -0.3 is 4.52 Å². The summed E-state index contributed by atoms with van der Waals surface area (Å²) in [7, 11) is -0.267. The second-order valence-electron chi connectivity index (χ2n) is 6.11. The first-order valence-corrected chi connectivity index (χ1v) is 8.05. The highest BCUT2D eigenvalue weighted by atomic mass is 31.2. The first kappa shape index (κ1) is 11.9. The predicted octanol–water partition coefficient (Wildman–Crippen LogP) is 5.13. The fourth-order valence-corrected chi connectivity index (χ4v) is 7.02. The van der Waals surface area contributed by atoms with Crippen LogP contribution in [0.1, 0.15) is 60.3 Å². The van der Waals surface area contributed by atoms with Crippen LogP contribution in [0.5, 0.6) is 0 Å². The largest absolute Gasteiger partial charge is 0.342 e. The van der Waals surface area contributed by atoms with Gasteiger partial charge in [-0.3, -0.25) is 0 Å². The van der Waals surface area contributed by atoms with Crippen LogP contribution in [0.4, 0.5) is 0 Å². The van der Waals surface area contributed by atoms with E-state index in [2.05, 4.69) is 34.6 Å². The third-order valence-corrected chi connectivity index (χ3v) is 8.67. The Hall–Kier alpha value is -0.130. The Morgan fingerprint density at radius 2 is 1.41 bits per heavy atom. The minimum absolute atomic E-state index is 0.244. The van der Waals surface area contributed by atoms with E-state index in [1.807, 2.05) is 0 Å². The Labute approximate surface area is 106 Å². The van der Waals surface area contributed by atoms with Crippen LogP contribution in [0.2, 0.25) is 0 Å². The van der Waals surface area contributed by atoms with E-state index in [1.54, 1.807) is 11.1 Å². The molecule has 3 rings (SSSR count). The van der Waals surface area contributed by atoms with Gasteiger partial charge in [0.2, 0.25) is 0 Å². The van der Waals surface area contributed by atoms with Crippen molar-refractivity contribution in [3.8, 4) is 0 Å². The molecule has 0 aromatic carbocycles. The molecule has 0 aromatic rings. The van der Waals surface area contributed by atoms with E-state index in [0.717, 1.165) is 0 Å². The van der Waals surface area contributed by atoms with Crippen LogP contribution in [0.3, 0.4) is 0 Å². The molecule has 0 N–H and O–H groups in total. The average molecular weight is 250 g/mol. The molecule has 2 heteroatoms. The van der Waals surface area contributed by atoms with Crippen molar-refractivity contribution in [1.82, 2.24) is 0 Å². The van der Waals surface area contributed by atoms with Crippen LogP contribution in [0, 0.1) is 0 Å². The fourth-order valence-electron chi connectivity index (χ4n) is 3.75. The van der Waals surface area contributed by atoms with Gasteiger partial charge >= 0.3 is 0 Å². The Bertz CT molecular complexity index is 414. The van der Waals surface area contributed by atoms with Crippen molar-refractivity contribution < 1.29 is 4.52 Å². The minimum atomic E-state index is -0.267. The van der Waals surface area contributed by atoms with Gasteiger partial charge in [-0.2, -0.15) is 0 Å². The number of hydrogen-bond donors (Lipinski definition) is 0. The van der Waals surface area contributed by atoms with E-state index in [0.29, 0.717) is 5.34 Å². The standard InChI is InChI=1S/C15H23OP/c1-10-11(2)13(4)14(5,12(10)3)17-15(16-17)8-6-7-9-15/h6-9H2,1-5H3. The van der Waals surface area contributed by atoms with Gasteiger partial charge in [-0.05, 0) is 71.4 Å². The molecule has 1 heterocycles. The SMILES string of the molecule is CC1=C(C)C(C)(P2OC23CCCC3)C(C)=C1C. The van der Waals surface area contributed by atoms with E-state index < -0.39 is 0 Å². The van der Waals surface area contributed by atoms with Gasteiger partial charge in [0.15, 0.2) is 0 Å². The molecule has 94 valence electrons. The van der Waals surface area contributed by atoms with Crippen molar-refractivity contribution in [3.63, 3.8) is 0 Å². The Morgan fingerprint density at radius 3 is 1.88 bits per heavy atom. The zero-order valence-corrected chi connectivity index (χ0v) is 12.6. The number of hydrogen-bond acceptors (Lipinski definition) is 1. The highest BCUT2D eigenvalue weighted by Gasteiger charge is 2.67. The highest BCUT2D eigenvalue weighted by molar-refractivity contribution is 7.62. The molecule has 2 fully saturated rings. The van der Waals surface area contributed by atoms with Crippen molar-refractivity contribution in [2.24, 2.45) is 0 Å². The van der Waals surface area contributed by atoms with Gasteiger partial charge in [-0.25, -0.2) is 0 Å². The van der Waals surface area contributed by atoms with Gasteiger partial charge in [0.25, 0.3) is 0 Å². The van der Waals surface area contributed by atoms with E-state index in [4.69, 9.17) is 4.52 Å². The third kappa shape index (κ3) is 1.33. The quantitative estimate of drug-likeness (QED) is 0.464. The summed E-state index contributed by atoms with van der Waals surface area (Å²) in [6.07, 6.45) is 5.37. The molecule has 0 radical (unpaired) electrons. The summed E-state index contributed by atoms with van der Waals surface area (Å²) in [5.74, 6) is 0. The molecule has 1 aliphatic heterocycles. The Balaban J connectivity index is 1.99. The second-order valence-corrected chi connectivity index (χ2v) is 8.59. The van der Waals surface area contributed by atoms with Crippen molar-refractivity contribution >= 4 is 8.15 Å². The second kappa shape index (κ2) is 3.45. The third-order valence-electron chi connectivity index (χ3n) is 5.54. The van der Waals surface area contributed by atoms with Crippen LogP contribution in [-0.2, 0) is 4.52 Å². The summed E-state index contributed by atoms with van der Waals surface area (Å²) in [6.45, 7) is 11.6. The van der Waals surface area contributed by atoms with Crippen LogP contribution in [0.15, 0.2) is 22.3 Å². The topological polar surface area (TPSA) is 12.5 Å². The lowest BCUT2D eigenvalue weighted by molar-refractivity contribution is 0.324. The zero-order valence-electron chi connectivity index (χ0n) is 11.7. The molecule has 2 aliphatic carbocycles. The molecule has 1 saturated carbocycles. The molecule has 0 bridgehead atoms. The Kier molecular flexibility index (Phi) is 2.42. The molecule has 1 spiro atoms. The van der Waals surface area contributed by atoms with Crippen LogP contribution in [-0.4, -0.2) is 10.5 Å². The van der Waals surface area contributed by atoms with Gasteiger partial charge in [0.1, 0.15) is 5.34 Å². The molecule has 1 nitrogen and oxygen atoms in total. The monoisotopic (exact) mass is 250 g/mol. The maximum absolute atomic E-state index is 6.29. The lowest BCUT2D eigenvalue weighted by Crippen LogP contribution is -2.22. The van der Waals surface area contributed by atoms with Gasteiger partial charge in [-0.15, -0.1) is 0 Å². The van der Waals surface area contributed by atoms with Gasteiger partial charge in [0, 0.05) is 0 Å². The summed E-state index contributed by atoms with van der Waals surface area (Å²) in [4.78, 5) is 0. The van der Waals surface area contributed by atoms with Crippen LogP contribution < -0.4 is 0 Å². The molecule has 0 amide bonds. The number of rotatable bonds is 1.